The molecule has 1 heterocycles. The van der Waals surface area contributed by atoms with Crippen LogP contribution in [0.3, 0.4) is 0 Å². The summed E-state index contributed by atoms with van der Waals surface area (Å²) in [6, 6.07) is 4.46. The topological polar surface area (TPSA) is 34.9 Å². The number of halogens is 1. The van der Waals surface area contributed by atoms with Gasteiger partial charge in [-0.05, 0) is 19.9 Å². The van der Waals surface area contributed by atoms with Gasteiger partial charge >= 0.3 is 0 Å². The van der Waals surface area contributed by atoms with Gasteiger partial charge in [0.15, 0.2) is 0 Å². The van der Waals surface area contributed by atoms with Crippen molar-refractivity contribution in [3.8, 4) is 0 Å². The van der Waals surface area contributed by atoms with Crippen LogP contribution >= 0.6 is 0 Å². The molecule has 0 spiro atoms. The van der Waals surface area contributed by atoms with E-state index >= 15 is 0 Å². The zero-order valence-electron chi connectivity index (χ0n) is 8.57. The van der Waals surface area contributed by atoms with Crippen LogP contribution in [0.4, 0.5) is 4.39 Å². The first-order valence-corrected chi connectivity index (χ1v) is 4.77. The molecule has 2 rings (SSSR count). The molecule has 15 heavy (non-hydrogen) atoms. The summed E-state index contributed by atoms with van der Waals surface area (Å²) in [5.41, 5.74) is -0.374. The summed E-state index contributed by atoms with van der Waals surface area (Å²) in [6.07, 6.45) is 1.51. The van der Waals surface area contributed by atoms with E-state index in [0.29, 0.717) is 5.39 Å². The zero-order valence-corrected chi connectivity index (χ0v) is 8.57. The highest BCUT2D eigenvalue weighted by atomic mass is 19.1. The second kappa shape index (κ2) is 3.46. The Morgan fingerprint density at radius 2 is 2.13 bits per heavy atom. The summed E-state index contributed by atoms with van der Waals surface area (Å²) in [6.45, 7) is 3.67. The fraction of sp³-hybridized carbons (Fsp3) is 0.273. The maximum Gasteiger partial charge on any atom is 0.277 e. The van der Waals surface area contributed by atoms with Crippen molar-refractivity contribution in [2.45, 2.75) is 19.9 Å². The van der Waals surface area contributed by atoms with Crippen molar-refractivity contribution in [2.75, 3.05) is 0 Å². The SMILES string of the molecule is CC(C)n1ncc2cccc(F)c2c1=O. The number of hydrogen-bond acceptors (Lipinski definition) is 2. The fourth-order valence-electron chi connectivity index (χ4n) is 1.53. The van der Waals surface area contributed by atoms with Gasteiger partial charge in [-0.2, -0.15) is 5.10 Å². The van der Waals surface area contributed by atoms with Crippen LogP contribution in [0, 0.1) is 5.82 Å². The van der Waals surface area contributed by atoms with Crippen LogP contribution in [0.1, 0.15) is 19.9 Å². The maximum atomic E-state index is 13.4. The van der Waals surface area contributed by atoms with E-state index in [4.69, 9.17) is 0 Å². The summed E-state index contributed by atoms with van der Waals surface area (Å²) in [7, 11) is 0. The maximum absolute atomic E-state index is 13.4. The standard InChI is InChI=1S/C11H11FN2O/c1-7(2)14-11(15)10-8(6-13-14)4-3-5-9(10)12/h3-7H,1-2H3. The van der Waals surface area contributed by atoms with E-state index in [9.17, 15) is 9.18 Å². The van der Waals surface area contributed by atoms with Crippen LogP contribution < -0.4 is 5.56 Å². The Balaban J connectivity index is 2.90. The first kappa shape index (κ1) is 9.83. The van der Waals surface area contributed by atoms with Gasteiger partial charge in [0.25, 0.3) is 5.56 Å². The summed E-state index contributed by atoms with van der Waals surface area (Å²) < 4.78 is 14.7. The van der Waals surface area contributed by atoms with Crippen molar-refractivity contribution in [3.05, 3.63) is 40.6 Å². The molecule has 0 aliphatic rings. The molecule has 78 valence electrons. The Morgan fingerprint density at radius 1 is 1.40 bits per heavy atom. The number of fused-ring (bicyclic) bond motifs is 1. The number of benzene rings is 1. The Bertz CT molecular complexity index is 560. The minimum absolute atomic E-state index is 0.0680. The number of hydrogen-bond donors (Lipinski definition) is 0. The molecule has 0 radical (unpaired) electrons. The van der Waals surface area contributed by atoms with E-state index < -0.39 is 5.82 Å². The fourth-order valence-corrected chi connectivity index (χ4v) is 1.53. The lowest BCUT2D eigenvalue weighted by Gasteiger charge is -2.08. The summed E-state index contributed by atoms with van der Waals surface area (Å²) in [5, 5.41) is 4.64. The predicted molar refractivity (Wildman–Crippen MR) is 56.3 cm³/mol. The highest BCUT2D eigenvalue weighted by molar-refractivity contribution is 5.81. The van der Waals surface area contributed by atoms with Crippen LogP contribution in [0.2, 0.25) is 0 Å². The highest BCUT2D eigenvalue weighted by Crippen LogP contribution is 2.12. The number of aromatic nitrogens is 2. The third kappa shape index (κ3) is 1.52. The second-order valence-corrected chi connectivity index (χ2v) is 3.69. The van der Waals surface area contributed by atoms with Crippen molar-refractivity contribution in [2.24, 2.45) is 0 Å². The monoisotopic (exact) mass is 206 g/mol. The van der Waals surface area contributed by atoms with Gasteiger partial charge < -0.3 is 0 Å². The predicted octanol–water partition coefficient (Wildman–Crippen LogP) is 2.12. The van der Waals surface area contributed by atoms with Gasteiger partial charge in [0, 0.05) is 5.39 Å². The molecule has 1 aromatic heterocycles. The van der Waals surface area contributed by atoms with Crippen LogP contribution in [0.15, 0.2) is 29.2 Å². The molecule has 3 nitrogen and oxygen atoms in total. The summed E-state index contributed by atoms with van der Waals surface area (Å²) in [5.74, 6) is -0.491. The molecule has 0 saturated carbocycles. The molecule has 0 fully saturated rings. The van der Waals surface area contributed by atoms with Crippen molar-refractivity contribution < 1.29 is 4.39 Å². The van der Waals surface area contributed by atoms with Crippen molar-refractivity contribution >= 4 is 10.8 Å². The lowest BCUT2D eigenvalue weighted by atomic mass is 10.2. The van der Waals surface area contributed by atoms with E-state index in [2.05, 4.69) is 5.10 Å². The molecule has 0 amide bonds. The number of rotatable bonds is 1. The molecule has 0 atom stereocenters. The van der Waals surface area contributed by atoms with Crippen molar-refractivity contribution in [1.82, 2.24) is 9.78 Å². The second-order valence-electron chi connectivity index (χ2n) is 3.69. The average Bonchev–Trinajstić information content (AvgIpc) is 2.17. The first-order valence-electron chi connectivity index (χ1n) is 4.77. The van der Waals surface area contributed by atoms with E-state index in [0.717, 1.165) is 0 Å². The normalized spacial score (nSPS) is 11.2. The quantitative estimate of drug-likeness (QED) is 0.716. The summed E-state index contributed by atoms with van der Waals surface area (Å²) >= 11 is 0. The smallest absolute Gasteiger partial charge is 0.267 e. The molecule has 4 heteroatoms. The minimum atomic E-state index is -0.491. The highest BCUT2D eigenvalue weighted by Gasteiger charge is 2.09. The molecule has 2 aromatic rings. The molecule has 1 aromatic carbocycles. The molecule has 0 N–H and O–H groups in total. The third-order valence-corrected chi connectivity index (χ3v) is 2.28. The van der Waals surface area contributed by atoms with Gasteiger partial charge in [-0.15, -0.1) is 0 Å². The van der Waals surface area contributed by atoms with Gasteiger partial charge in [0.05, 0.1) is 17.6 Å². The van der Waals surface area contributed by atoms with Crippen LogP contribution in [-0.2, 0) is 0 Å². The van der Waals surface area contributed by atoms with Crippen molar-refractivity contribution in [3.63, 3.8) is 0 Å². The molecule has 0 aliphatic heterocycles. The Labute approximate surface area is 86.2 Å². The van der Waals surface area contributed by atoms with E-state index in [1.54, 1.807) is 12.1 Å². The van der Waals surface area contributed by atoms with Gasteiger partial charge in [-0.25, -0.2) is 9.07 Å². The van der Waals surface area contributed by atoms with E-state index in [1.165, 1.54) is 16.9 Å². The molecule has 0 aliphatic carbocycles. The van der Waals surface area contributed by atoms with Gasteiger partial charge in [-0.3, -0.25) is 4.79 Å². The Hall–Kier alpha value is -1.71. The van der Waals surface area contributed by atoms with Crippen LogP contribution in [-0.4, -0.2) is 9.78 Å². The number of nitrogens with zero attached hydrogens (tertiary/aromatic N) is 2. The third-order valence-electron chi connectivity index (χ3n) is 2.28. The minimum Gasteiger partial charge on any atom is -0.267 e. The molecule has 0 saturated heterocycles. The van der Waals surface area contributed by atoms with Crippen LogP contribution in [0.5, 0.6) is 0 Å². The Morgan fingerprint density at radius 3 is 2.80 bits per heavy atom. The zero-order chi connectivity index (χ0) is 11.0. The van der Waals surface area contributed by atoms with Crippen molar-refractivity contribution in [1.29, 1.82) is 0 Å². The van der Waals surface area contributed by atoms with Gasteiger partial charge in [0.1, 0.15) is 5.82 Å². The average molecular weight is 206 g/mol. The molecular formula is C11H11FN2O. The first-order chi connectivity index (χ1) is 7.11. The van der Waals surface area contributed by atoms with E-state index in [1.807, 2.05) is 13.8 Å². The van der Waals surface area contributed by atoms with Crippen LogP contribution in [0.25, 0.3) is 10.8 Å². The van der Waals surface area contributed by atoms with Gasteiger partial charge in [-0.1, -0.05) is 12.1 Å². The largest absolute Gasteiger partial charge is 0.277 e. The lowest BCUT2D eigenvalue weighted by molar-refractivity contribution is 0.505. The molecular weight excluding hydrogens is 195 g/mol. The van der Waals surface area contributed by atoms with E-state index in [-0.39, 0.29) is 17.0 Å². The molecule has 0 bridgehead atoms. The lowest BCUT2D eigenvalue weighted by Crippen LogP contribution is -2.25. The summed E-state index contributed by atoms with van der Waals surface area (Å²) in [4.78, 5) is 11.9. The van der Waals surface area contributed by atoms with Gasteiger partial charge in [0.2, 0.25) is 0 Å². The Kier molecular flexibility index (Phi) is 2.26. The molecule has 0 unspecified atom stereocenters.